The van der Waals surface area contributed by atoms with Crippen molar-refractivity contribution in [2.45, 2.75) is 60.0 Å². The molecule has 0 aromatic heterocycles. The van der Waals surface area contributed by atoms with Crippen LogP contribution in [0, 0.1) is 0 Å². The predicted molar refractivity (Wildman–Crippen MR) is 67.5 cm³/mol. The zero-order valence-electron chi connectivity index (χ0n) is 16.0. The van der Waals surface area contributed by atoms with Gasteiger partial charge in [-0.15, -0.1) is 0 Å². The van der Waals surface area contributed by atoms with E-state index in [4.69, 9.17) is 5.11 Å². The average molecular weight is 626 g/mol. The SMILES string of the molecule is O=C(O)C(=C(C(F)(F)C(F)(F)F)C(F)(F)C(F)(F)C(F)(F)C(F)(F)C(F)(F)C(F)(F)C(F)(F)F)C(F)(F)F. The van der Waals surface area contributed by atoms with E-state index in [1.54, 1.807) is 0 Å². The number of carboxylic acid groups (broad SMARTS) is 1. The lowest BCUT2D eigenvalue weighted by Crippen LogP contribution is -2.73. The number of carboxylic acids is 1. The van der Waals surface area contributed by atoms with Crippen molar-refractivity contribution in [1.82, 2.24) is 0 Å². The third-order valence-electron chi connectivity index (χ3n) is 4.06. The summed E-state index contributed by atoms with van der Waals surface area (Å²) in [5.41, 5.74) is -11.3. The van der Waals surface area contributed by atoms with Crippen molar-refractivity contribution in [1.29, 1.82) is 0 Å². The fourth-order valence-corrected chi connectivity index (χ4v) is 2.15. The molecule has 0 radical (unpaired) electrons. The van der Waals surface area contributed by atoms with E-state index in [1.807, 2.05) is 0 Å². The maximum absolute atomic E-state index is 14.0. The lowest BCUT2D eigenvalue weighted by molar-refractivity contribution is -0.451. The Balaban J connectivity index is 7.92. The highest BCUT2D eigenvalue weighted by molar-refractivity contribution is 5.90. The summed E-state index contributed by atoms with van der Waals surface area (Å²) in [6.07, 6.45) is -23.9. The second kappa shape index (κ2) is 8.81. The van der Waals surface area contributed by atoms with Gasteiger partial charge >= 0.3 is 66.0 Å². The van der Waals surface area contributed by atoms with Crippen LogP contribution in [0.5, 0.6) is 0 Å². The molecule has 0 unspecified atom stereocenters. The van der Waals surface area contributed by atoms with Gasteiger partial charge in [-0.25, -0.2) is 4.79 Å². The van der Waals surface area contributed by atoms with Crippen molar-refractivity contribution >= 4 is 5.97 Å². The Kier molecular flexibility index (Phi) is 8.25. The summed E-state index contributed by atoms with van der Waals surface area (Å²) >= 11 is 0. The topological polar surface area (TPSA) is 37.3 Å². The van der Waals surface area contributed by atoms with Crippen molar-refractivity contribution in [3.8, 4) is 0 Å². The van der Waals surface area contributed by atoms with E-state index in [0.717, 1.165) is 0 Å². The van der Waals surface area contributed by atoms with E-state index < -0.39 is 77.1 Å². The number of allylic oxidation sites excluding steroid dienone is 1. The summed E-state index contributed by atoms with van der Waals surface area (Å²) in [6, 6.07) is 0. The van der Waals surface area contributed by atoms with Gasteiger partial charge in [0, 0.05) is 0 Å². The number of hydrogen-bond acceptors (Lipinski definition) is 1. The molecule has 0 atom stereocenters. The maximum atomic E-state index is 14.0. The monoisotopic (exact) mass is 626 g/mol. The van der Waals surface area contributed by atoms with E-state index >= 15 is 0 Å². The molecule has 0 saturated heterocycles. The zero-order valence-corrected chi connectivity index (χ0v) is 16.0. The Morgan fingerprint density at radius 3 is 0.921 bits per heavy atom. The molecule has 1 N–H and O–H groups in total. The molecule has 2 nitrogen and oxygen atoms in total. The number of halogens is 23. The maximum Gasteiger partial charge on any atom is 0.460 e. The molecule has 0 bridgehead atoms. The molecule has 38 heavy (non-hydrogen) atoms. The molecule has 226 valence electrons. The van der Waals surface area contributed by atoms with Crippen LogP contribution in [0.15, 0.2) is 11.1 Å². The van der Waals surface area contributed by atoms with Gasteiger partial charge in [-0.05, 0) is 0 Å². The van der Waals surface area contributed by atoms with E-state index in [9.17, 15) is 106 Å². The summed E-state index contributed by atoms with van der Waals surface area (Å²) < 4.78 is 299. The van der Waals surface area contributed by atoms with Crippen molar-refractivity contribution in [2.24, 2.45) is 0 Å². The van der Waals surface area contributed by atoms with Gasteiger partial charge in [0.1, 0.15) is 5.57 Å². The summed E-state index contributed by atoms with van der Waals surface area (Å²) in [4.78, 5) is 10.4. The molecule has 0 aliphatic carbocycles. The van der Waals surface area contributed by atoms with Gasteiger partial charge in [0.2, 0.25) is 0 Å². The lowest BCUT2D eigenvalue weighted by atomic mass is 9.84. The fraction of sp³-hybridized carbons (Fsp3) is 0.769. The number of aliphatic carboxylic acids is 1. The molecular formula is C13HF23O2. The zero-order chi connectivity index (χ0) is 31.7. The Labute approximate surface area is 189 Å². The van der Waals surface area contributed by atoms with Crippen LogP contribution in [-0.2, 0) is 4.79 Å². The summed E-state index contributed by atoms with van der Waals surface area (Å²) in [7, 11) is 0. The van der Waals surface area contributed by atoms with Crippen molar-refractivity contribution in [3.05, 3.63) is 11.1 Å². The van der Waals surface area contributed by atoms with Gasteiger partial charge in [0.05, 0.1) is 0 Å². The number of carbonyl (C=O) groups is 1. The van der Waals surface area contributed by atoms with Crippen molar-refractivity contribution in [2.75, 3.05) is 0 Å². The van der Waals surface area contributed by atoms with Crippen LogP contribution >= 0.6 is 0 Å². The number of rotatable bonds is 8. The first-order chi connectivity index (χ1) is 15.9. The minimum absolute atomic E-state index is 4.56. The summed E-state index contributed by atoms with van der Waals surface area (Å²) in [5, 5.41) is 8.09. The third-order valence-corrected chi connectivity index (χ3v) is 4.06. The van der Waals surface area contributed by atoms with Gasteiger partial charge in [-0.1, -0.05) is 0 Å². The van der Waals surface area contributed by atoms with E-state index in [2.05, 4.69) is 0 Å². The molecule has 0 saturated carbocycles. The summed E-state index contributed by atoms with van der Waals surface area (Å²) in [5.74, 6) is -67.6. The second-order valence-corrected chi connectivity index (χ2v) is 6.57. The molecule has 0 heterocycles. The quantitative estimate of drug-likeness (QED) is 0.224. The van der Waals surface area contributed by atoms with E-state index in [1.165, 1.54) is 0 Å². The molecule has 0 fully saturated rings. The van der Waals surface area contributed by atoms with Crippen LogP contribution in [0.2, 0.25) is 0 Å². The molecule has 0 rings (SSSR count). The van der Waals surface area contributed by atoms with Crippen LogP contribution in [0.4, 0.5) is 101 Å². The number of hydrogen-bond donors (Lipinski definition) is 1. The highest BCUT2D eigenvalue weighted by atomic mass is 19.4. The molecule has 0 aromatic carbocycles. The molecule has 0 spiro atoms. The van der Waals surface area contributed by atoms with Crippen molar-refractivity contribution in [3.63, 3.8) is 0 Å². The Bertz CT molecular complexity index is 942. The van der Waals surface area contributed by atoms with Crippen LogP contribution in [0.25, 0.3) is 0 Å². The van der Waals surface area contributed by atoms with Crippen LogP contribution < -0.4 is 0 Å². The Morgan fingerprint density at radius 2 is 0.684 bits per heavy atom. The minimum atomic E-state index is -9.39. The highest BCUT2D eigenvalue weighted by Gasteiger charge is 2.94. The first kappa shape index (κ1) is 35.6. The normalized spacial score (nSPS) is 16.9. The van der Waals surface area contributed by atoms with Gasteiger partial charge < -0.3 is 5.11 Å². The summed E-state index contributed by atoms with van der Waals surface area (Å²) in [6.45, 7) is 0. The first-order valence-electron chi connectivity index (χ1n) is 7.77. The smallest absolute Gasteiger partial charge is 0.460 e. The standard InChI is InChI=1S/C13HF23O2/c14-4(15,2(5(16,17)12(31,32)33)1(3(37)38)6(18,19)20)7(21,22)8(23,24)9(25,26)10(27,28)11(29,30)13(34,35)36/h(H,37,38). The Hall–Kier alpha value is -2.40. The first-order valence-corrected chi connectivity index (χ1v) is 7.77. The van der Waals surface area contributed by atoms with Gasteiger partial charge in [-0.2, -0.15) is 101 Å². The average Bonchev–Trinajstić information content (AvgIpc) is 2.61. The molecule has 0 amide bonds. The van der Waals surface area contributed by atoms with Gasteiger partial charge in [-0.3, -0.25) is 0 Å². The Morgan fingerprint density at radius 1 is 0.395 bits per heavy atom. The third kappa shape index (κ3) is 4.76. The molecular weight excluding hydrogens is 625 g/mol. The molecule has 0 aliphatic rings. The largest absolute Gasteiger partial charge is 0.478 e. The van der Waals surface area contributed by atoms with Crippen LogP contribution in [0.1, 0.15) is 0 Å². The predicted octanol–water partition coefficient (Wildman–Crippen LogP) is 7.50. The lowest BCUT2D eigenvalue weighted by Gasteiger charge is -2.42. The number of alkyl halides is 23. The highest BCUT2D eigenvalue weighted by Crippen LogP contribution is 2.65. The molecule has 0 aliphatic heterocycles. The molecule has 25 heteroatoms. The molecule has 0 aromatic rings. The second-order valence-electron chi connectivity index (χ2n) is 6.57. The van der Waals surface area contributed by atoms with E-state index in [0.29, 0.717) is 0 Å². The van der Waals surface area contributed by atoms with Gasteiger partial charge in [0.25, 0.3) is 0 Å². The minimum Gasteiger partial charge on any atom is -0.478 e. The van der Waals surface area contributed by atoms with Crippen LogP contribution in [0.3, 0.4) is 0 Å². The van der Waals surface area contributed by atoms with Crippen LogP contribution in [-0.4, -0.2) is 71.1 Å². The van der Waals surface area contributed by atoms with Gasteiger partial charge in [0.15, 0.2) is 5.57 Å². The van der Waals surface area contributed by atoms with E-state index in [-0.39, 0.29) is 0 Å². The fourth-order valence-electron chi connectivity index (χ4n) is 2.15. The van der Waals surface area contributed by atoms with Crippen molar-refractivity contribution < 1.29 is 111 Å².